The lowest BCUT2D eigenvalue weighted by atomic mass is 9.85. The molecule has 10 heavy (non-hydrogen) atoms. The molecule has 3 atom stereocenters. The fraction of sp³-hybridized carbons (Fsp3) is 0.750. The fourth-order valence-corrected chi connectivity index (χ4v) is 2.00. The molecule has 1 aliphatic carbocycles. The van der Waals surface area contributed by atoms with E-state index in [9.17, 15) is 0 Å². The summed E-state index contributed by atoms with van der Waals surface area (Å²) in [7, 11) is 0. The zero-order valence-corrected chi connectivity index (χ0v) is 6.09. The van der Waals surface area contributed by atoms with Gasteiger partial charge in [-0.1, -0.05) is 12.2 Å². The van der Waals surface area contributed by atoms with E-state index in [1.165, 1.54) is 12.8 Å². The number of hydrogen-bond acceptors (Lipinski definition) is 2. The minimum atomic E-state index is 0.259. The van der Waals surface area contributed by atoms with Crippen LogP contribution in [0.2, 0.25) is 0 Å². The van der Waals surface area contributed by atoms with E-state index in [4.69, 9.17) is 5.73 Å². The van der Waals surface area contributed by atoms with Crippen LogP contribution in [-0.4, -0.2) is 12.7 Å². The molecule has 1 fully saturated rings. The van der Waals surface area contributed by atoms with Gasteiger partial charge in [0, 0.05) is 6.54 Å². The van der Waals surface area contributed by atoms with Crippen LogP contribution in [0.3, 0.4) is 0 Å². The predicted octanol–water partition coefficient (Wildman–Crippen LogP) is 0.457. The summed E-state index contributed by atoms with van der Waals surface area (Å²) in [4.78, 5) is 0. The highest BCUT2D eigenvalue weighted by Crippen LogP contribution is 2.30. The van der Waals surface area contributed by atoms with Gasteiger partial charge < -0.3 is 11.1 Å². The van der Waals surface area contributed by atoms with Gasteiger partial charge in [0.2, 0.25) is 0 Å². The van der Waals surface area contributed by atoms with Crippen molar-refractivity contribution in [3.8, 4) is 0 Å². The number of rotatable bonds is 0. The van der Waals surface area contributed by atoms with Crippen molar-refractivity contribution in [3.63, 3.8) is 0 Å². The van der Waals surface area contributed by atoms with Crippen LogP contribution in [0.1, 0.15) is 12.8 Å². The van der Waals surface area contributed by atoms with Crippen LogP contribution in [0, 0.1) is 11.8 Å². The molecule has 3 unspecified atom stereocenters. The molecule has 0 aromatic heterocycles. The third-order valence-electron chi connectivity index (χ3n) is 2.70. The smallest absolute Gasteiger partial charge is 0.0581 e. The van der Waals surface area contributed by atoms with Crippen molar-refractivity contribution in [2.24, 2.45) is 17.6 Å². The molecule has 56 valence electrons. The molecule has 0 amide bonds. The Morgan fingerprint density at radius 3 is 2.90 bits per heavy atom. The maximum Gasteiger partial charge on any atom is 0.0581 e. The Labute approximate surface area is 61.5 Å². The molecule has 1 aliphatic heterocycles. The Morgan fingerprint density at radius 2 is 2.10 bits per heavy atom. The summed E-state index contributed by atoms with van der Waals surface area (Å²) in [6.07, 6.45) is 7.20. The third kappa shape index (κ3) is 0.879. The summed E-state index contributed by atoms with van der Waals surface area (Å²) in [6.45, 7) is 1.12. The first-order chi connectivity index (χ1) is 4.88. The van der Waals surface area contributed by atoms with E-state index in [1.807, 2.05) is 0 Å². The van der Waals surface area contributed by atoms with Gasteiger partial charge in [0.05, 0.1) is 6.17 Å². The molecule has 0 aromatic rings. The van der Waals surface area contributed by atoms with E-state index in [2.05, 4.69) is 17.5 Å². The number of nitrogens with two attached hydrogens (primary N) is 1. The van der Waals surface area contributed by atoms with Crippen LogP contribution in [0.25, 0.3) is 0 Å². The first kappa shape index (κ1) is 6.38. The van der Waals surface area contributed by atoms with E-state index < -0.39 is 0 Å². The Kier molecular flexibility index (Phi) is 1.51. The van der Waals surface area contributed by atoms with Crippen molar-refractivity contribution < 1.29 is 0 Å². The van der Waals surface area contributed by atoms with Crippen molar-refractivity contribution in [2.45, 2.75) is 19.0 Å². The minimum absolute atomic E-state index is 0.259. The SMILES string of the molecule is NC1NCC2CC=CCC21. The van der Waals surface area contributed by atoms with Crippen LogP contribution in [0.5, 0.6) is 0 Å². The Bertz CT molecular complexity index is 153. The van der Waals surface area contributed by atoms with E-state index in [1.54, 1.807) is 0 Å². The molecule has 2 nitrogen and oxygen atoms in total. The van der Waals surface area contributed by atoms with Crippen molar-refractivity contribution in [1.29, 1.82) is 0 Å². The zero-order chi connectivity index (χ0) is 6.97. The van der Waals surface area contributed by atoms with Crippen LogP contribution in [0.4, 0.5) is 0 Å². The largest absolute Gasteiger partial charge is 0.316 e. The lowest BCUT2D eigenvalue weighted by molar-refractivity contribution is 0.359. The first-order valence-corrected chi connectivity index (χ1v) is 4.02. The van der Waals surface area contributed by atoms with E-state index in [-0.39, 0.29) is 6.17 Å². The van der Waals surface area contributed by atoms with Gasteiger partial charge in [0.25, 0.3) is 0 Å². The molecule has 0 aromatic carbocycles. The zero-order valence-electron chi connectivity index (χ0n) is 6.09. The van der Waals surface area contributed by atoms with Gasteiger partial charge in [-0.15, -0.1) is 0 Å². The minimum Gasteiger partial charge on any atom is -0.316 e. The van der Waals surface area contributed by atoms with Gasteiger partial charge in [-0.3, -0.25) is 0 Å². The van der Waals surface area contributed by atoms with Gasteiger partial charge in [0.1, 0.15) is 0 Å². The molecule has 1 heterocycles. The highest BCUT2D eigenvalue weighted by Gasteiger charge is 2.32. The van der Waals surface area contributed by atoms with Gasteiger partial charge in [-0.05, 0) is 24.7 Å². The molecule has 3 N–H and O–H groups in total. The van der Waals surface area contributed by atoms with E-state index >= 15 is 0 Å². The number of nitrogens with one attached hydrogen (secondary N) is 1. The summed E-state index contributed by atoms with van der Waals surface area (Å²) in [6, 6.07) is 0. The molecule has 0 radical (unpaired) electrons. The number of fused-ring (bicyclic) bond motifs is 1. The van der Waals surface area contributed by atoms with Crippen LogP contribution in [-0.2, 0) is 0 Å². The highest BCUT2D eigenvalue weighted by molar-refractivity contribution is 5.00. The lowest BCUT2D eigenvalue weighted by Gasteiger charge is -2.21. The standard InChI is InChI=1S/C8H14N2/c9-8-7-4-2-1-3-6(7)5-10-8/h1-2,6-8,10H,3-5,9H2. The third-order valence-corrected chi connectivity index (χ3v) is 2.70. The lowest BCUT2D eigenvalue weighted by Crippen LogP contribution is -2.36. The van der Waals surface area contributed by atoms with E-state index in [0.717, 1.165) is 12.5 Å². The van der Waals surface area contributed by atoms with E-state index in [0.29, 0.717) is 5.92 Å². The quantitative estimate of drug-likeness (QED) is 0.477. The van der Waals surface area contributed by atoms with Crippen LogP contribution < -0.4 is 11.1 Å². The Balaban J connectivity index is 2.10. The normalized spacial score (nSPS) is 45.5. The first-order valence-electron chi connectivity index (χ1n) is 4.02. The van der Waals surface area contributed by atoms with Crippen molar-refractivity contribution in [2.75, 3.05) is 6.54 Å². The molecular weight excluding hydrogens is 124 g/mol. The molecule has 2 aliphatic rings. The summed E-state index contributed by atoms with van der Waals surface area (Å²) < 4.78 is 0. The molecule has 0 spiro atoms. The van der Waals surface area contributed by atoms with Crippen molar-refractivity contribution in [3.05, 3.63) is 12.2 Å². The number of hydrogen-bond donors (Lipinski definition) is 2. The molecule has 1 saturated heterocycles. The predicted molar refractivity (Wildman–Crippen MR) is 41.3 cm³/mol. The molecule has 0 bridgehead atoms. The summed E-state index contributed by atoms with van der Waals surface area (Å²) in [5.74, 6) is 1.53. The summed E-state index contributed by atoms with van der Waals surface area (Å²) >= 11 is 0. The second-order valence-corrected chi connectivity index (χ2v) is 3.30. The van der Waals surface area contributed by atoms with Crippen LogP contribution >= 0.6 is 0 Å². The van der Waals surface area contributed by atoms with Gasteiger partial charge in [0.15, 0.2) is 0 Å². The summed E-state index contributed by atoms with van der Waals surface area (Å²) in [5, 5.41) is 3.30. The number of allylic oxidation sites excluding steroid dienone is 2. The Hall–Kier alpha value is -0.340. The molecular formula is C8H14N2. The molecule has 2 heteroatoms. The second-order valence-electron chi connectivity index (χ2n) is 3.30. The monoisotopic (exact) mass is 138 g/mol. The van der Waals surface area contributed by atoms with Gasteiger partial charge >= 0.3 is 0 Å². The highest BCUT2D eigenvalue weighted by atomic mass is 15.1. The maximum absolute atomic E-state index is 5.84. The molecule has 2 rings (SSSR count). The van der Waals surface area contributed by atoms with Crippen molar-refractivity contribution in [1.82, 2.24) is 5.32 Å². The average molecular weight is 138 g/mol. The fourth-order valence-electron chi connectivity index (χ4n) is 2.00. The topological polar surface area (TPSA) is 38.0 Å². The van der Waals surface area contributed by atoms with Crippen molar-refractivity contribution >= 4 is 0 Å². The summed E-state index contributed by atoms with van der Waals surface area (Å²) in [5.41, 5.74) is 5.84. The van der Waals surface area contributed by atoms with Gasteiger partial charge in [-0.25, -0.2) is 0 Å². The second kappa shape index (κ2) is 2.36. The maximum atomic E-state index is 5.84. The van der Waals surface area contributed by atoms with Crippen LogP contribution in [0.15, 0.2) is 12.2 Å². The molecule has 0 saturated carbocycles. The van der Waals surface area contributed by atoms with Gasteiger partial charge in [-0.2, -0.15) is 0 Å². The Morgan fingerprint density at radius 1 is 1.30 bits per heavy atom. The average Bonchev–Trinajstić information content (AvgIpc) is 2.34.